The fraction of sp³-hybridized carbons (Fsp3) is 1.00. The lowest BCUT2D eigenvalue weighted by atomic mass is 9.69. The van der Waals surface area contributed by atoms with Crippen molar-refractivity contribution < 1.29 is 0 Å². The van der Waals surface area contributed by atoms with Crippen LogP contribution in [0.25, 0.3) is 0 Å². The van der Waals surface area contributed by atoms with Crippen molar-refractivity contribution in [1.82, 2.24) is 0 Å². The molecule has 1 heteroatoms. The quantitative estimate of drug-likeness (QED) is 0.672. The number of rotatable bonds is 2. The fourth-order valence-corrected chi connectivity index (χ4v) is 2.72. The summed E-state index contributed by atoms with van der Waals surface area (Å²) in [7, 11) is 0. The standard InChI is InChI=1S/C11H21N/c1-11(7-3-2-4-8-11)10(12)9-5-6-9/h9-10H,2-8,12H2,1H3. The van der Waals surface area contributed by atoms with Crippen LogP contribution in [0.1, 0.15) is 51.9 Å². The van der Waals surface area contributed by atoms with Crippen molar-refractivity contribution in [3.63, 3.8) is 0 Å². The Morgan fingerprint density at radius 3 is 2.25 bits per heavy atom. The van der Waals surface area contributed by atoms with E-state index < -0.39 is 0 Å². The first-order valence-corrected chi connectivity index (χ1v) is 5.48. The molecule has 2 aliphatic rings. The average Bonchev–Trinajstić information content (AvgIpc) is 2.87. The Hall–Kier alpha value is -0.0400. The Kier molecular flexibility index (Phi) is 2.16. The Morgan fingerprint density at radius 2 is 1.75 bits per heavy atom. The first-order chi connectivity index (χ1) is 5.72. The molecule has 70 valence electrons. The highest BCUT2D eigenvalue weighted by atomic mass is 14.7. The minimum Gasteiger partial charge on any atom is -0.327 e. The van der Waals surface area contributed by atoms with Crippen LogP contribution in [0.15, 0.2) is 0 Å². The van der Waals surface area contributed by atoms with Crippen LogP contribution >= 0.6 is 0 Å². The van der Waals surface area contributed by atoms with Gasteiger partial charge in [-0.2, -0.15) is 0 Å². The number of hydrogen-bond acceptors (Lipinski definition) is 1. The first kappa shape index (κ1) is 8.55. The third-order valence-electron chi connectivity index (χ3n) is 3.93. The van der Waals surface area contributed by atoms with Gasteiger partial charge in [0.05, 0.1) is 0 Å². The molecule has 1 nitrogen and oxygen atoms in total. The molecule has 0 heterocycles. The van der Waals surface area contributed by atoms with Crippen molar-refractivity contribution in [3.8, 4) is 0 Å². The summed E-state index contributed by atoms with van der Waals surface area (Å²) in [4.78, 5) is 0. The molecule has 0 amide bonds. The van der Waals surface area contributed by atoms with Gasteiger partial charge in [0.1, 0.15) is 0 Å². The molecule has 2 N–H and O–H groups in total. The van der Waals surface area contributed by atoms with E-state index in [0.29, 0.717) is 11.5 Å². The maximum absolute atomic E-state index is 6.29. The van der Waals surface area contributed by atoms with E-state index in [4.69, 9.17) is 5.73 Å². The highest BCUT2D eigenvalue weighted by Crippen LogP contribution is 2.46. The summed E-state index contributed by atoms with van der Waals surface area (Å²) in [5.41, 5.74) is 6.79. The molecule has 2 rings (SSSR count). The predicted molar refractivity (Wildman–Crippen MR) is 51.9 cm³/mol. The van der Waals surface area contributed by atoms with Crippen molar-refractivity contribution >= 4 is 0 Å². The molecule has 0 aromatic heterocycles. The van der Waals surface area contributed by atoms with E-state index in [9.17, 15) is 0 Å². The summed E-state index contributed by atoms with van der Waals surface area (Å²) < 4.78 is 0. The maximum atomic E-state index is 6.29. The molecule has 1 unspecified atom stereocenters. The van der Waals surface area contributed by atoms with Crippen molar-refractivity contribution in [2.24, 2.45) is 17.1 Å². The third kappa shape index (κ3) is 1.52. The van der Waals surface area contributed by atoms with Crippen LogP contribution in [-0.2, 0) is 0 Å². The van der Waals surface area contributed by atoms with Gasteiger partial charge in [-0.15, -0.1) is 0 Å². The van der Waals surface area contributed by atoms with Gasteiger partial charge < -0.3 is 5.73 Å². The third-order valence-corrected chi connectivity index (χ3v) is 3.93. The molecular formula is C11H21N. The average molecular weight is 167 g/mol. The van der Waals surface area contributed by atoms with Gasteiger partial charge in [0.15, 0.2) is 0 Å². The van der Waals surface area contributed by atoms with Crippen LogP contribution in [0.4, 0.5) is 0 Å². The normalized spacial score (nSPS) is 31.5. The SMILES string of the molecule is CC1(C(N)C2CC2)CCCCC1. The molecular weight excluding hydrogens is 146 g/mol. The molecule has 12 heavy (non-hydrogen) atoms. The second-order valence-corrected chi connectivity index (χ2v) is 5.08. The maximum Gasteiger partial charge on any atom is 0.0121 e. The van der Waals surface area contributed by atoms with Crippen molar-refractivity contribution in [2.75, 3.05) is 0 Å². The lowest BCUT2D eigenvalue weighted by Crippen LogP contribution is -2.42. The van der Waals surface area contributed by atoms with E-state index in [-0.39, 0.29) is 0 Å². The van der Waals surface area contributed by atoms with Gasteiger partial charge in [-0.3, -0.25) is 0 Å². The second kappa shape index (κ2) is 3.02. The summed E-state index contributed by atoms with van der Waals surface area (Å²) in [6.45, 7) is 2.41. The molecule has 0 aromatic rings. The number of hydrogen-bond donors (Lipinski definition) is 1. The fourth-order valence-electron chi connectivity index (χ4n) is 2.72. The van der Waals surface area contributed by atoms with Crippen LogP contribution in [0, 0.1) is 11.3 Å². The van der Waals surface area contributed by atoms with E-state index in [1.54, 1.807) is 0 Å². The summed E-state index contributed by atoms with van der Waals surface area (Å²) >= 11 is 0. The smallest absolute Gasteiger partial charge is 0.0121 e. The van der Waals surface area contributed by atoms with Gasteiger partial charge in [-0.25, -0.2) is 0 Å². The molecule has 0 saturated heterocycles. The van der Waals surface area contributed by atoms with E-state index >= 15 is 0 Å². The molecule has 2 fully saturated rings. The minimum atomic E-state index is 0.499. The van der Waals surface area contributed by atoms with E-state index in [2.05, 4.69) is 6.92 Å². The highest BCUT2D eigenvalue weighted by Gasteiger charge is 2.41. The van der Waals surface area contributed by atoms with Crippen molar-refractivity contribution in [1.29, 1.82) is 0 Å². The molecule has 0 bridgehead atoms. The zero-order valence-electron chi connectivity index (χ0n) is 8.18. The first-order valence-electron chi connectivity index (χ1n) is 5.48. The lowest BCUT2D eigenvalue weighted by Gasteiger charge is -2.39. The van der Waals surface area contributed by atoms with Gasteiger partial charge in [0, 0.05) is 6.04 Å². The molecule has 0 radical (unpaired) electrons. The van der Waals surface area contributed by atoms with Crippen molar-refractivity contribution in [2.45, 2.75) is 57.9 Å². The molecule has 0 spiro atoms. The Morgan fingerprint density at radius 1 is 1.17 bits per heavy atom. The van der Waals surface area contributed by atoms with E-state index in [1.165, 1.54) is 44.9 Å². The predicted octanol–water partition coefficient (Wildman–Crippen LogP) is 2.69. The van der Waals surface area contributed by atoms with Crippen molar-refractivity contribution in [3.05, 3.63) is 0 Å². The minimum absolute atomic E-state index is 0.499. The van der Waals surface area contributed by atoms with Gasteiger partial charge in [0.25, 0.3) is 0 Å². The van der Waals surface area contributed by atoms with Crippen LogP contribution in [-0.4, -0.2) is 6.04 Å². The zero-order valence-corrected chi connectivity index (χ0v) is 8.18. The van der Waals surface area contributed by atoms with Crippen LogP contribution in [0.3, 0.4) is 0 Å². The van der Waals surface area contributed by atoms with Crippen LogP contribution in [0.2, 0.25) is 0 Å². The Balaban J connectivity index is 1.96. The van der Waals surface area contributed by atoms with E-state index in [1.807, 2.05) is 0 Å². The molecule has 2 saturated carbocycles. The monoisotopic (exact) mass is 167 g/mol. The van der Waals surface area contributed by atoms with Gasteiger partial charge in [-0.05, 0) is 37.0 Å². The lowest BCUT2D eigenvalue weighted by molar-refractivity contribution is 0.156. The van der Waals surface area contributed by atoms with E-state index in [0.717, 1.165) is 5.92 Å². The number of nitrogens with two attached hydrogens (primary N) is 1. The molecule has 0 aromatic carbocycles. The van der Waals surface area contributed by atoms with Gasteiger partial charge in [-0.1, -0.05) is 26.2 Å². The highest BCUT2D eigenvalue weighted by molar-refractivity contribution is 4.96. The summed E-state index contributed by atoms with van der Waals surface area (Å²) in [6.07, 6.45) is 9.82. The van der Waals surface area contributed by atoms with Gasteiger partial charge in [0.2, 0.25) is 0 Å². The zero-order chi connectivity index (χ0) is 8.60. The second-order valence-electron chi connectivity index (χ2n) is 5.08. The summed E-state index contributed by atoms with van der Waals surface area (Å²) in [5, 5.41) is 0. The van der Waals surface area contributed by atoms with Crippen LogP contribution < -0.4 is 5.73 Å². The summed E-state index contributed by atoms with van der Waals surface area (Å²) in [5.74, 6) is 0.882. The van der Waals surface area contributed by atoms with Gasteiger partial charge >= 0.3 is 0 Å². The molecule has 2 aliphatic carbocycles. The molecule has 0 aliphatic heterocycles. The Labute approximate surface area is 75.7 Å². The summed E-state index contributed by atoms with van der Waals surface area (Å²) in [6, 6.07) is 0.512. The Bertz CT molecular complexity index is 154. The van der Waals surface area contributed by atoms with Crippen LogP contribution in [0.5, 0.6) is 0 Å². The largest absolute Gasteiger partial charge is 0.327 e. The topological polar surface area (TPSA) is 26.0 Å². The molecule has 1 atom stereocenters.